The van der Waals surface area contributed by atoms with E-state index in [2.05, 4.69) is 17.1 Å². The van der Waals surface area contributed by atoms with Gasteiger partial charge in [0.15, 0.2) is 0 Å². The summed E-state index contributed by atoms with van der Waals surface area (Å²) >= 11 is 0. The zero-order chi connectivity index (χ0) is 14.5. The SMILES string of the molecule is CCCCCN1CC2(CCCC2)NCC1C1CCCCC1. The minimum Gasteiger partial charge on any atom is -0.308 e. The molecule has 1 N–H and O–H groups in total. The van der Waals surface area contributed by atoms with Crippen LogP contribution in [0.3, 0.4) is 0 Å². The fourth-order valence-corrected chi connectivity index (χ4v) is 5.19. The molecule has 0 aromatic heterocycles. The van der Waals surface area contributed by atoms with Crippen LogP contribution in [0.2, 0.25) is 0 Å². The molecule has 1 atom stereocenters. The highest BCUT2D eigenvalue weighted by atomic mass is 15.3. The Balaban J connectivity index is 1.62. The van der Waals surface area contributed by atoms with Crippen LogP contribution in [0.15, 0.2) is 0 Å². The van der Waals surface area contributed by atoms with E-state index < -0.39 is 0 Å². The highest BCUT2D eigenvalue weighted by molar-refractivity contribution is 5.02. The molecule has 0 amide bonds. The maximum absolute atomic E-state index is 4.02. The van der Waals surface area contributed by atoms with Gasteiger partial charge in [-0.25, -0.2) is 0 Å². The number of hydrogen-bond acceptors (Lipinski definition) is 2. The molecular formula is C19H36N2. The predicted molar refractivity (Wildman–Crippen MR) is 90.7 cm³/mol. The first-order valence-corrected chi connectivity index (χ1v) is 9.82. The Kier molecular flexibility index (Phi) is 5.61. The molecule has 122 valence electrons. The molecule has 3 aliphatic rings. The Morgan fingerprint density at radius 2 is 1.76 bits per heavy atom. The van der Waals surface area contributed by atoms with Gasteiger partial charge in [0.05, 0.1) is 0 Å². The van der Waals surface area contributed by atoms with Gasteiger partial charge in [-0.05, 0) is 44.6 Å². The molecular weight excluding hydrogens is 256 g/mol. The average molecular weight is 293 g/mol. The number of piperazine rings is 1. The van der Waals surface area contributed by atoms with Gasteiger partial charge in [0.2, 0.25) is 0 Å². The van der Waals surface area contributed by atoms with Gasteiger partial charge in [-0.2, -0.15) is 0 Å². The molecule has 1 aliphatic heterocycles. The number of unbranched alkanes of at least 4 members (excludes halogenated alkanes) is 2. The molecule has 3 rings (SSSR count). The second-order valence-electron chi connectivity index (χ2n) is 8.01. The molecule has 21 heavy (non-hydrogen) atoms. The molecule has 0 bridgehead atoms. The topological polar surface area (TPSA) is 15.3 Å². The smallest absolute Gasteiger partial charge is 0.0309 e. The lowest BCUT2D eigenvalue weighted by molar-refractivity contribution is 0.0367. The van der Waals surface area contributed by atoms with Crippen molar-refractivity contribution in [3.05, 3.63) is 0 Å². The van der Waals surface area contributed by atoms with Crippen LogP contribution in [0.4, 0.5) is 0 Å². The van der Waals surface area contributed by atoms with Crippen LogP contribution < -0.4 is 5.32 Å². The van der Waals surface area contributed by atoms with E-state index in [0.29, 0.717) is 5.54 Å². The second-order valence-corrected chi connectivity index (χ2v) is 8.01. The molecule has 1 heterocycles. The van der Waals surface area contributed by atoms with Crippen molar-refractivity contribution in [2.75, 3.05) is 19.6 Å². The average Bonchev–Trinajstić information content (AvgIpc) is 2.97. The molecule has 2 nitrogen and oxygen atoms in total. The van der Waals surface area contributed by atoms with Crippen molar-refractivity contribution < 1.29 is 0 Å². The molecule has 1 saturated heterocycles. The highest BCUT2D eigenvalue weighted by Crippen LogP contribution is 2.37. The normalized spacial score (nSPS) is 31.0. The van der Waals surface area contributed by atoms with Gasteiger partial charge in [0.25, 0.3) is 0 Å². The molecule has 1 spiro atoms. The second kappa shape index (κ2) is 7.46. The van der Waals surface area contributed by atoms with Crippen LogP contribution in [0.5, 0.6) is 0 Å². The third-order valence-electron chi connectivity index (χ3n) is 6.46. The monoisotopic (exact) mass is 292 g/mol. The van der Waals surface area contributed by atoms with Crippen LogP contribution in [0.1, 0.15) is 84.0 Å². The number of nitrogens with one attached hydrogen (secondary N) is 1. The van der Waals surface area contributed by atoms with Crippen molar-refractivity contribution >= 4 is 0 Å². The van der Waals surface area contributed by atoms with Gasteiger partial charge in [0, 0.05) is 24.7 Å². The summed E-state index contributed by atoms with van der Waals surface area (Å²) in [6.07, 6.45) is 17.3. The Labute approximate surface area is 132 Å². The lowest BCUT2D eigenvalue weighted by Gasteiger charge is -2.49. The summed E-state index contributed by atoms with van der Waals surface area (Å²) < 4.78 is 0. The fraction of sp³-hybridized carbons (Fsp3) is 1.00. The lowest BCUT2D eigenvalue weighted by Crippen LogP contribution is -2.65. The van der Waals surface area contributed by atoms with Crippen LogP contribution in [-0.4, -0.2) is 36.1 Å². The molecule has 1 unspecified atom stereocenters. The van der Waals surface area contributed by atoms with E-state index in [9.17, 15) is 0 Å². The third kappa shape index (κ3) is 3.82. The summed E-state index contributed by atoms with van der Waals surface area (Å²) in [4.78, 5) is 2.92. The number of rotatable bonds is 5. The first-order valence-electron chi connectivity index (χ1n) is 9.82. The van der Waals surface area contributed by atoms with Crippen LogP contribution in [-0.2, 0) is 0 Å². The zero-order valence-electron chi connectivity index (χ0n) is 14.2. The highest BCUT2D eigenvalue weighted by Gasteiger charge is 2.42. The minimum absolute atomic E-state index is 0.497. The number of nitrogens with zero attached hydrogens (tertiary/aromatic N) is 1. The summed E-state index contributed by atoms with van der Waals surface area (Å²) in [5.74, 6) is 0.978. The Bertz CT molecular complexity index is 303. The van der Waals surface area contributed by atoms with Crippen LogP contribution in [0.25, 0.3) is 0 Å². The van der Waals surface area contributed by atoms with Crippen molar-refractivity contribution in [2.24, 2.45) is 5.92 Å². The first-order chi connectivity index (χ1) is 10.3. The Hall–Kier alpha value is -0.0800. The van der Waals surface area contributed by atoms with E-state index in [4.69, 9.17) is 0 Å². The third-order valence-corrected chi connectivity index (χ3v) is 6.46. The molecule has 2 saturated carbocycles. The maximum Gasteiger partial charge on any atom is 0.0309 e. The van der Waals surface area contributed by atoms with E-state index in [1.165, 1.54) is 96.7 Å². The van der Waals surface area contributed by atoms with Gasteiger partial charge in [-0.15, -0.1) is 0 Å². The van der Waals surface area contributed by atoms with Gasteiger partial charge < -0.3 is 5.32 Å². The van der Waals surface area contributed by atoms with E-state index in [1.807, 2.05) is 0 Å². The van der Waals surface area contributed by atoms with Crippen LogP contribution in [0, 0.1) is 5.92 Å². The molecule has 0 radical (unpaired) electrons. The van der Waals surface area contributed by atoms with Gasteiger partial charge in [-0.3, -0.25) is 4.90 Å². The number of hydrogen-bond donors (Lipinski definition) is 1. The predicted octanol–water partition coefficient (Wildman–Crippen LogP) is 4.34. The van der Waals surface area contributed by atoms with Crippen molar-refractivity contribution in [1.29, 1.82) is 0 Å². The van der Waals surface area contributed by atoms with E-state index in [1.54, 1.807) is 0 Å². The molecule has 0 aromatic carbocycles. The summed E-state index contributed by atoms with van der Waals surface area (Å²) in [5.41, 5.74) is 0.497. The van der Waals surface area contributed by atoms with E-state index >= 15 is 0 Å². The molecule has 2 aliphatic carbocycles. The quantitative estimate of drug-likeness (QED) is 0.758. The summed E-state index contributed by atoms with van der Waals surface area (Å²) in [6, 6.07) is 0.841. The van der Waals surface area contributed by atoms with E-state index in [0.717, 1.165) is 12.0 Å². The molecule has 0 aromatic rings. The van der Waals surface area contributed by atoms with Gasteiger partial charge >= 0.3 is 0 Å². The summed E-state index contributed by atoms with van der Waals surface area (Å²) in [7, 11) is 0. The van der Waals surface area contributed by atoms with Crippen LogP contribution >= 0.6 is 0 Å². The maximum atomic E-state index is 4.02. The summed E-state index contributed by atoms with van der Waals surface area (Å²) in [5, 5.41) is 4.02. The van der Waals surface area contributed by atoms with Crippen molar-refractivity contribution in [3.63, 3.8) is 0 Å². The lowest BCUT2D eigenvalue weighted by atomic mass is 9.80. The van der Waals surface area contributed by atoms with Crippen molar-refractivity contribution in [1.82, 2.24) is 10.2 Å². The van der Waals surface area contributed by atoms with Crippen molar-refractivity contribution in [3.8, 4) is 0 Å². The minimum atomic E-state index is 0.497. The first kappa shape index (κ1) is 15.8. The Morgan fingerprint density at radius 1 is 1.00 bits per heavy atom. The van der Waals surface area contributed by atoms with Gasteiger partial charge in [0.1, 0.15) is 0 Å². The largest absolute Gasteiger partial charge is 0.308 e. The Morgan fingerprint density at radius 3 is 2.48 bits per heavy atom. The fourth-order valence-electron chi connectivity index (χ4n) is 5.19. The summed E-state index contributed by atoms with van der Waals surface area (Å²) in [6.45, 7) is 6.31. The molecule has 3 fully saturated rings. The van der Waals surface area contributed by atoms with Gasteiger partial charge in [-0.1, -0.05) is 51.9 Å². The standard InChI is InChI=1S/C19H36N2/c1-2-3-9-14-21-16-19(12-7-8-13-19)20-15-18(21)17-10-5-4-6-11-17/h17-18,20H,2-16H2,1H3. The zero-order valence-corrected chi connectivity index (χ0v) is 14.2. The van der Waals surface area contributed by atoms with Crippen molar-refractivity contribution in [2.45, 2.75) is 95.6 Å². The van der Waals surface area contributed by atoms with E-state index in [-0.39, 0.29) is 0 Å². The molecule has 2 heteroatoms.